The van der Waals surface area contributed by atoms with Gasteiger partial charge in [0.25, 0.3) is 5.91 Å². The smallest absolute Gasteiger partial charge is 0.352 e. The highest BCUT2D eigenvalue weighted by Crippen LogP contribution is 2.40. The SMILES string of the molecule is CN1C(=O)C(c2ccc(Br)cc2)(c2cc(C(=O)O)n(CCF)c2)N=C1N. The number of carbonyl (C=O) groups excluding carboxylic acids is 1. The molecular weight excluding hydrogens is 407 g/mol. The number of halogens is 2. The van der Waals surface area contributed by atoms with E-state index in [9.17, 15) is 19.1 Å². The molecule has 1 aromatic carbocycles. The van der Waals surface area contributed by atoms with Gasteiger partial charge in [-0.1, -0.05) is 28.1 Å². The number of likely N-dealkylation sites (N-methyl/N-ethyl adjacent to an activating group) is 1. The van der Waals surface area contributed by atoms with E-state index in [2.05, 4.69) is 20.9 Å². The first-order valence-corrected chi connectivity index (χ1v) is 8.50. The number of aromatic carboxylic acids is 1. The molecule has 0 bridgehead atoms. The third-order valence-corrected chi connectivity index (χ3v) is 4.89. The fourth-order valence-electron chi connectivity index (χ4n) is 3.04. The van der Waals surface area contributed by atoms with Gasteiger partial charge in [0, 0.05) is 23.3 Å². The van der Waals surface area contributed by atoms with Crippen molar-refractivity contribution in [2.24, 2.45) is 10.7 Å². The van der Waals surface area contributed by atoms with Crippen molar-refractivity contribution in [3.8, 4) is 0 Å². The van der Waals surface area contributed by atoms with Crippen LogP contribution in [-0.4, -0.2) is 46.1 Å². The number of aryl methyl sites for hydroxylation is 1. The fraction of sp³-hybridized carbons (Fsp3) is 0.235. The van der Waals surface area contributed by atoms with Crippen LogP contribution in [0.4, 0.5) is 4.39 Å². The monoisotopic (exact) mass is 422 g/mol. The van der Waals surface area contributed by atoms with Crippen LogP contribution in [0, 0.1) is 0 Å². The van der Waals surface area contributed by atoms with Crippen LogP contribution in [-0.2, 0) is 16.9 Å². The predicted molar refractivity (Wildman–Crippen MR) is 96.7 cm³/mol. The average Bonchev–Trinajstić information content (AvgIpc) is 3.12. The molecule has 136 valence electrons. The fourth-order valence-corrected chi connectivity index (χ4v) is 3.30. The number of guanidine groups is 1. The molecule has 9 heteroatoms. The third kappa shape index (κ3) is 2.68. The number of alkyl halides is 1. The molecule has 1 aliphatic rings. The highest BCUT2D eigenvalue weighted by molar-refractivity contribution is 9.10. The topological polar surface area (TPSA) is 101 Å². The summed E-state index contributed by atoms with van der Waals surface area (Å²) in [4.78, 5) is 30.2. The molecule has 0 radical (unpaired) electrons. The van der Waals surface area contributed by atoms with Gasteiger partial charge in [-0.2, -0.15) is 0 Å². The Labute approximate surface area is 157 Å². The minimum Gasteiger partial charge on any atom is -0.477 e. The second-order valence-corrected chi connectivity index (χ2v) is 6.77. The quantitative estimate of drug-likeness (QED) is 0.768. The third-order valence-electron chi connectivity index (χ3n) is 4.36. The van der Waals surface area contributed by atoms with Crippen molar-refractivity contribution in [1.29, 1.82) is 0 Å². The lowest BCUT2D eigenvalue weighted by molar-refractivity contribution is -0.129. The Morgan fingerprint density at radius 1 is 1.35 bits per heavy atom. The maximum absolute atomic E-state index is 13.1. The number of amides is 1. The molecule has 1 unspecified atom stereocenters. The van der Waals surface area contributed by atoms with Crippen molar-refractivity contribution in [2.75, 3.05) is 13.7 Å². The van der Waals surface area contributed by atoms with Crippen LogP contribution < -0.4 is 5.73 Å². The number of carboxylic acids is 1. The summed E-state index contributed by atoms with van der Waals surface area (Å²) in [5.41, 5.74) is 5.10. The minimum absolute atomic E-state index is 0.0213. The summed E-state index contributed by atoms with van der Waals surface area (Å²) in [7, 11) is 1.50. The van der Waals surface area contributed by atoms with Gasteiger partial charge in [-0.3, -0.25) is 9.69 Å². The van der Waals surface area contributed by atoms with Crippen LogP contribution in [0.3, 0.4) is 0 Å². The van der Waals surface area contributed by atoms with Gasteiger partial charge in [-0.05, 0) is 23.8 Å². The zero-order valence-electron chi connectivity index (χ0n) is 13.8. The predicted octanol–water partition coefficient (Wildman–Crippen LogP) is 1.95. The van der Waals surface area contributed by atoms with E-state index < -0.39 is 24.1 Å². The van der Waals surface area contributed by atoms with Crippen molar-refractivity contribution in [3.63, 3.8) is 0 Å². The standard InChI is InChI=1S/C17H16BrFN4O3/c1-22-15(26)17(21-16(22)20,10-2-4-12(18)5-3-10)11-8-13(14(24)25)23(9-11)7-6-19/h2-5,8-9H,6-7H2,1H3,(H2,20,21)(H,24,25). The molecule has 1 amide bonds. The van der Waals surface area contributed by atoms with E-state index in [1.807, 2.05) is 0 Å². The molecule has 0 aliphatic carbocycles. The van der Waals surface area contributed by atoms with Crippen LogP contribution in [0.1, 0.15) is 21.6 Å². The zero-order valence-corrected chi connectivity index (χ0v) is 15.4. The molecule has 0 fully saturated rings. The van der Waals surface area contributed by atoms with Crippen molar-refractivity contribution in [3.05, 3.63) is 57.8 Å². The molecule has 3 N–H and O–H groups in total. The molecule has 7 nitrogen and oxygen atoms in total. The average molecular weight is 423 g/mol. The summed E-state index contributed by atoms with van der Waals surface area (Å²) in [5, 5.41) is 9.40. The van der Waals surface area contributed by atoms with Gasteiger partial charge in [0.05, 0.1) is 6.54 Å². The number of nitrogens with two attached hydrogens (primary N) is 1. The Bertz CT molecular complexity index is 909. The number of aromatic nitrogens is 1. The number of benzene rings is 1. The van der Waals surface area contributed by atoms with Crippen molar-refractivity contribution < 1.29 is 19.1 Å². The van der Waals surface area contributed by atoms with Gasteiger partial charge in [0.2, 0.25) is 0 Å². The van der Waals surface area contributed by atoms with E-state index in [0.29, 0.717) is 11.1 Å². The van der Waals surface area contributed by atoms with Crippen molar-refractivity contribution >= 4 is 33.8 Å². The van der Waals surface area contributed by atoms with E-state index in [4.69, 9.17) is 5.73 Å². The number of nitrogens with zero attached hydrogens (tertiary/aromatic N) is 3. The van der Waals surface area contributed by atoms with Gasteiger partial charge in [-0.25, -0.2) is 14.2 Å². The highest BCUT2D eigenvalue weighted by Gasteiger charge is 2.50. The molecule has 1 aromatic heterocycles. The van der Waals surface area contributed by atoms with Crippen LogP contribution in [0.2, 0.25) is 0 Å². The van der Waals surface area contributed by atoms with E-state index in [1.165, 1.54) is 28.8 Å². The van der Waals surface area contributed by atoms with E-state index in [-0.39, 0.29) is 18.2 Å². The lowest BCUT2D eigenvalue weighted by Crippen LogP contribution is -2.41. The molecule has 3 rings (SSSR count). The lowest BCUT2D eigenvalue weighted by atomic mass is 9.84. The second-order valence-electron chi connectivity index (χ2n) is 5.85. The number of rotatable bonds is 5. The summed E-state index contributed by atoms with van der Waals surface area (Å²) in [5.74, 6) is -1.61. The number of hydrogen-bond donors (Lipinski definition) is 2. The van der Waals surface area contributed by atoms with Crippen LogP contribution in [0.15, 0.2) is 46.0 Å². The van der Waals surface area contributed by atoms with Crippen LogP contribution >= 0.6 is 15.9 Å². The Balaban J connectivity index is 2.27. The van der Waals surface area contributed by atoms with E-state index >= 15 is 0 Å². The zero-order chi connectivity index (χ0) is 19.1. The van der Waals surface area contributed by atoms with Crippen LogP contribution in [0.5, 0.6) is 0 Å². The normalized spacial score (nSPS) is 19.7. The van der Waals surface area contributed by atoms with Crippen LogP contribution in [0.25, 0.3) is 0 Å². The summed E-state index contributed by atoms with van der Waals surface area (Å²) >= 11 is 3.34. The Kier molecular flexibility index (Phi) is 4.57. The molecule has 0 spiro atoms. The van der Waals surface area contributed by atoms with Gasteiger partial charge in [0.1, 0.15) is 12.4 Å². The number of aliphatic imine (C=N–C) groups is 1. The molecule has 0 saturated heterocycles. The second kappa shape index (κ2) is 6.56. The molecule has 26 heavy (non-hydrogen) atoms. The summed E-state index contributed by atoms with van der Waals surface area (Å²) in [6.07, 6.45) is 1.44. The van der Waals surface area contributed by atoms with Gasteiger partial charge < -0.3 is 15.4 Å². The summed E-state index contributed by atoms with van der Waals surface area (Å²) in [6.45, 7) is -0.875. The van der Waals surface area contributed by atoms with E-state index in [1.54, 1.807) is 24.3 Å². The first-order chi connectivity index (χ1) is 12.3. The molecule has 2 aromatic rings. The summed E-state index contributed by atoms with van der Waals surface area (Å²) in [6, 6.07) is 8.28. The Morgan fingerprint density at radius 3 is 2.50 bits per heavy atom. The highest BCUT2D eigenvalue weighted by atomic mass is 79.9. The van der Waals surface area contributed by atoms with Gasteiger partial charge in [-0.15, -0.1) is 0 Å². The van der Waals surface area contributed by atoms with E-state index in [0.717, 1.165) is 4.47 Å². The number of hydrogen-bond acceptors (Lipinski definition) is 4. The molecule has 2 heterocycles. The van der Waals surface area contributed by atoms with Gasteiger partial charge >= 0.3 is 5.97 Å². The lowest BCUT2D eigenvalue weighted by Gasteiger charge is -2.24. The van der Waals surface area contributed by atoms with Gasteiger partial charge in [0.15, 0.2) is 11.5 Å². The number of carbonyl (C=O) groups is 2. The number of carboxylic acid groups (broad SMARTS) is 1. The first kappa shape index (κ1) is 18.1. The largest absolute Gasteiger partial charge is 0.477 e. The molecule has 0 saturated carbocycles. The van der Waals surface area contributed by atoms with Crippen molar-refractivity contribution in [2.45, 2.75) is 12.1 Å². The molecular formula is C17H16BrFN4O3. The Hall–Kier alpha value is -2.68. The minimum atomic E-state index is -1.51. The molecule has 1 aliphatic heterocycles. The first-order valence-electron chi connectivity index (χ1n) is 7.70. The maximum atomic E-state index is 13.1. The summed E-state index contributed by atoms with van der Waals surface area (Å²) < 4.78 is 14.9. The maximum Gasteiger partial charge on any atom is 0.352 e. The Morgan fingerprint density at radius 2 is 2.00 bits per heavy atom. The van der Waals surface area contributed by atoms with Crippen molar-refractivity contribution in [1.82, 2.24) is 9.47 Å². The molecule has 1 atom stereocenters.